The minimum atomic E-state index is -0.476. The molecule has 0 saturated heterocycles. The predicted molar refractivity (Wildman–Crippen MR) is 59.0 cm³/mol. The summed E-state index contributed by atoms with van der Waals surface area (Å²) in [4.78, 5) is 19.8. The Morgan fingerprint density at radius 1 is 1.56 bits per heavy atom. The van der Waals surface area contributed by atoms with Gasteiger partial charge < -0.3 is 15.0 Å². The molecule has 0 aliphatic heterocycles. The topological polar surface area (TPSA) is 83.0 Å². The minimum Gasteiger partial charge on any atom is -0.464 e. The van der Waals surface area contributed by atoms with Crippen molar-refractivity contribution in [3.63, 3.8) is 0 Å². The van der Waals surface area contributed by atoms with Gasteiger partial charge in [0.1, 0.15) is 11.5 Å². The second kappa shape index (κ2) is 3.48. The normalized spacial score (nSPS) is 10.7. The number of methoxy groups -OCH3 is 1. The molecule has 0 bridgehead atoms. The smallest absolute Gasteiger partial charge is 0.356 e. The van der Waals surface area contributed by atoms with Crippen LogP contribution >= 0.6 is 0 Å². The zero-order valence-electron chi connectivity index (χ0n) is 9.31. The first kappa shape index (κ1) is 10.4. The highest BCUT2D eigenvalue weighted by molar-refractivity contribution is 6.04. The third-order valence-electron chi connectivity index (χ3n) is 2.47. The Morgan fingerprint density at radius 2 is 2.25 bits per heavy atom. The number of carbonyl (C=O) groups excluding carboxylic acids is 1. The lowest BCUT2D eigenvalue weighted by atomic mass is 10.3. The predicted octanol–water partition coefficient (Wildman–Crippen LogP) is 0.646. The van der Waals surface area contributed by atoms with Gasteiger partial charge in [-0.15, -0.1) is 0 Å². The fraction of sp³-hybridized carbons (Fsp3) is 0.300. The van der Waals surface area contributed by atoms with Crippen LogP contribution in [-0.2, 0) is 11.8 Å². The van der Waals surface area contributed by atoms with Gasteiger partial charge >= 0.3 is 5.97 Å². The van der Waals surface area contributed by atoms with Crippen molar-refractivity contribution in [3.05, 3.63) is 17.7 Å². The number of nitrogens with two attached hydrogens (primary N) is 1. The molecule has 0 aromatic carbocycles. The van der Waals surface area contributed by atoms with Gasteiger partial charge in [0, 0.05) is 13.2 Å². The van der Waals surface area contributed by atoms with E-state index in [1.54, 1.807) is 24.7 Å². The molecule has 0 radical (unpaired) electrons. The first-order valence-electron chi connectivity index (χ1n) is 4.72. The fourth-order valence-corrected chi connectivity index (χ4v) is 1.66. The van der Waals surface area contributed by atoms with Crippen LogP contribution in [0.1, 0.15) is 16.3 Å². The van der Waals surface area contributed by atoms with Crippen molar-refractivity contribution < 1.29 is 9.53 Å². The Morgan fingerprint density at radius 3 is 2.88 bits per heavy atom. The summed E-state index contributed by atoms with van der Waals surface area (Å²) in [6, 6.07) is 0. The standard InChI is InChI=1S/C10H12N4O2/c1-5-12-4-6-7(11)8(10(15)16-3)14(2)9(6)13-5/h4H,11H2,1-3H3. The van der Waals surface area contributed by atoms with E-state index in [4.69, 9.17) is 5.73 Å². The first-order chi connectivity index (χ1) is 7.56. The maximum absolute atomic E-state index is 11.5. The summed E-state index contributed by atoms with van der Waals surface area (Å²) in [6.07, 6.45) is 1.61. The van der Waals surface area contributed by atoms with E-state index in [0.29, 0.717) is 28.2 Å². The number of ether oxygens (including phenoxy) is 1. The Kier molecular flexibility index (Phi) is 2.26. The zero-order valence-corrected chi connectivity index (χ0v) is 9.31. The number of anilines is 1. The van der Waals surface area contributed by atoms with Gasteiger partial charge in [-0.25, -0.2) is 14.8 Å². The van der Waals surface area contributed by atoms with Crippen LogP contribution in [0.25, 0.3) is 11.0 Å². The van der Waals surface area contributed by atoms with Crippen LogP contribution in [-0.4, -0.2) is 27.6 Å². The molecule has 16 heavy (non-hydrogen) atoms. The van der Waals surface area contributed by atoms with E-state index in [1.165, 1.54) is 7.11 Å². The van der Waals surface area contributed by atoms with Gasteiger partial charge in [0.15, 0.2) is 5.69 Å². The Bertz CT molecular complexity index is 574. The van der Waals surface area contributed by atoms with Crippen LogP contribution in [0.2, 0.25) is 0 Å². The molecule has 6 heteroatoms. The number of nitrogens with zero attached hydrogens (tertiary/aromatic N) is 3. The van der Waals surface area contributed by atoms with Crippen LogP contribution in [0.15, 0.2) is 6.20 Å². The molecule has 0 fully saturated rings. The fourth-order valence-electron chi connectivity index (χ4n) is 1.66. The number of hydrogen-bond acceptors (Lipinski definition) is 5. The lowest BCUT2D eigenvalue weighted by molar-refractivity contribution is 0.0591. The molecule has 0 aliphatic carbocycles. The largest absolute Gasteiger partial charge is 0.464 e. The quantitative estimate of drug-likeness (QED) is 0.713. The van der Waals surface area contributed by atoms with E-state index in [0.717, 1.165) is 0 Å². The first-order valence-corrected chi connectivity index (χ1v) is 4.72. The van der Waals surface area contributed by atoms with Gasteiger partial charge in [-0.3, -0.25) is 0 Å². The molecule has 2 heterocycles. The van der Waals surface area contributed by atoms with Crippen molar-refractivity contribution >= 4 is 22.7 Å². The molecule has 0 spiro atoms. The summed E-state index contributed by atoms with van der Waals surface area (Å²) in [6.45, 7) is 1.78. The average Bonchev–Trinajstić information content (AvgIpc) is 2.51. The molecular formula is C10H12N4O2. The van der Waals surface area contributed by atoms with Crippen LogP contribution in [0, 0.1) is 6.92 Å². The van der Waals surface area contributed by atoms with Crippen molar-refractivity contribution in [3.8, 4) is 0 Å². The SMILES string of the molecule is COC(=O)c1c(N)c2cnc(C)nc2n1C. The summed E-state index contributed by atoms with van der Waals surface area (Å²) < 4.78 is 6.29. The molecular weight excluding hydrogens is 208 g/mol. The van der Waals surface area contributed by atoms with E-state index in [1.807, 2.05) is 0 Å². The third-order valence-corrected chi connectivity index (χ3v) is 2.47. The number of aryl methyl sites for hydroxylation is 2. The average molecular weight is 220 g/mol. The van der Waals surface area contributed by atoms with E-state index in [2.05, 4.69) is 14.7 Å². The van der Waals surface area contributed by atoms with Crippen molar-refractivity contribution in [1.82, 2.24) is 14.5 Å². The van der Waals surface area contributed by atoms with Gasteiger partial charge in [-0.2, -0.15) is 0 Å². The molecule has 0 unspecified atom stereocenters. The van der Waals surface area contributed by atoms with Crippen LogP contribution in [0.3, 0.4) is 0 Å². The highest BCUT2D eigenvalue weighted by Gasteiger charge is 2.20. The van der Waals surface area contributed by atoms with Crippen LogP contribution in [0.5, 0.6) is 0 Å². The van der Waals surface area contributed by atoms with Crippen molar-refractivity contribution in [1.29, 1.82) is 0 Å². The molecule has 0 saturated carbocycles. The van der Waals surface area contributed by atoms with E-state index < -0.39 is 5.97 Å². The van der Waals surface area contributed by atoms with E-state index in [9.17, 15) is 4.79 Å². The molecule has 0 atom stereocenters. The van der Waals surface area contributed by atoms with E-state index >= 15 is 0 Å². The number of carbonyl (C=O) groups is 1. The van der Waals surface area contributed by atoms with Crippen LogP contribution < -0.4 is 5.73 Å². The lowest BCUT2D eigenvalue weighted by Gasteiger charge is -2.01. The summed E-state index contributed by atoms with van der Waals surface area (Å²) >= 11 is 0. The van der Waals surface area contributed by atoms with Crippen molar-refractivity contribution in [2.24, 2.45) is 7.05 Å². The summed E-state index contributed by atoms with van der Waals surface area (Å²) in [5.74, 6) is 0.153. The maximum Gasteiger partial charge on any atom is 0.356 e. The highest BCUT2D eigenvalue weighted by Crippen LogP contribution is 2.26. The minimum absolute atomic E-state index is 0.303. The number of esters is 1. The lowest BCUT2D eigenvalue weighted by Crippen LogP contribution is -2.10. The van der Waals surface area contributed by atoms with Gasteiger partial charge in [0.25, 0.3) is 0 Å². The van der Waals surface area contributed by atoms with Gasteiger partial charge in [-0.1, -0.05) is 0 Å². The second-order valence-electron chi connectivity index (χ2n) is 3.47. The summed E-state index contributed by atoms with van der Waals surface area (Å²) in [7, 11) is 3.04. The van der Waals surface area contributed by atoms with Crippen LogP contribution in [0.4, 0.5) is 5.69 Å². The molecule has 6 nitrogen and oxygen atoms in total. The summed E-state index contributed by atoms with van der Waals surface area (Å²) in [5, 5.41) is 0.661. The zero-order chi connectivity index (χ0) is 11.9. The maximum atomic E-state index is 11.5. The Labute approximate surface area is 92.0 Å². The number of hydrogen-bond donors (Lipinski definition) is 1. The van der Waals surface area contributed by atoms with Crippen molar-refractivity contribution in [2.75, 3.05) is 12.8 Å². The molecule has 2 N–H and O–H groups in total. The second-order valence-corrected chi connectivity index (χ2v) is 3.47. The van der Waals surface area contributed by atoms with E-state index in [-0.39, 0.29) is 0 Å². The molecule has 84 valence electrons. The Balaban J connectivity index is 2.81. The monoisotopic (exact) mass is 220 g/mol. The number of aromatic nitrogens is 3. The Hall–Kier alpha value is -2.11. The molecule has 0 aliphatic rings. The third kappa shape index (κ3) is 1.30. The van der Waals surface area contributed by atoms with Crippen molar-refractivity contribution in [2.45, 2.75) is 6.92 Å². The number of rotatable bonds is 1. The molecule has 2 aromatic rings. The van der Waals surface area contributed by atoms with Gasteiger partial charge in [0.2, 0.25) is 0 Å². The van der Waals surface area contributed by atoms with Gasteiger partial charge in [0.05, 0.1) is 18.2 Å². The van der Waals surface area contributed by atoms with Gasteiger partial charge in [-0.05, 0) is 6.92 Å². The number of nitrogen functional groups attached to an aromatic ring is 1. The number of fused-ring (bicyclic) bond motifs is 1. The molecule has 2 aromatic heterocycles. The summed E-state index contributed by atoms with van der Waals surface area (Å²) in [5.41, 5.74) is 7.15. The molecule has 2 rings (SSSR count). The molecule has 0 amide bonds. The highest BCUT2D eigenvalue weighted by atomic mass is 16.5.